The van der Waals surface area contributed by atoms with Gasteiger partial charge in [0.25, 0.3) is 11.8 Å². The first-order valence-corrected chi connectivity index (χ1v) is 14.4. The molecule has 6 rings (SSSR count). The number of nitrogens with zero attached hydrogens (tertiary/aromatic N) is 5. The minimum atomic E-state index is -0.650. The van der Waals surface area contributed by atoms with Crippen molar-refractivity contribution in [2.24, 2.45) is 0 Å². The third-order valence-corrected chi connectivity index (χ3v) is 8.56. The Bertz CT molecular complexity index is 1610. The van der Waals surface area contributed by atoms with Crippen molar-refractivity contribution in [2.45, 2.75) is 38.6 Å². The van der Waals surface area contributed by atoms with Crippen LogP contribution in [0, 0.1) is 17.1 Å². The minimum Gasteiger partial charge on any atom is -0.489 e. The summed E-state index contributed by atoms with van der Waals surface area (Å²) < 4.78 is 20.6. The Morgan fingerprint density at radius 2 is 1.72 bits per heavy atom. The van der Waals surface area contributed by atoms with Gasteiger partial charge in [0, 0.05) is 57.3 Å². The van der Waals surface area contributed by atoms with E-state index >= 15 is 0 Å². The lowest BCUT2D eigenvalue weighted by Crippen LogP contribution is -2.53. The first-order chi connectivity index (χ1) is 20.8. The molecule has 0 aliphatic carbocycles. The van der Waals surface area contributed by atoms with Crippen LogP contribution >= 0.6 is 0 Å². The van der Waals surface area contributed by atoms with Gasteiger partial charge in [-0.3, -0.25) is 24.2 Å². The van der Waals surface area contributed by atoms with Gasteiger partial charge in [-0.25, -0.2) is 4.39 Å². The normalized spacial score (nSPS) is 19.0. The standard InChI is InChI=1S/C33H32FN5O4/c1-36-31(40)12-11-29(33(36)42)39-20-26-25(32(39)41)3-2-4-30(26)43-21-23-7-5-22(6-8-23)19-37-13-15-38(16-14-37)28-10-9-24(18-35)17-27(28)34/h2-10,17,29H,11-16,19-21H2,1H3. The van der Waals surface area contributed by atoms with Crippen molar-refractivity contribution in [2.75, 3.05) is 38.1 Å². The van der Waals surface area contributed by atoms with E-state index in [0.29, 0.717) is 48.7 Å². The highest BCUT2D eigenvalue weighted by atomic mass is 19.1. The van der Waals surface area contributed by atoms with Gasteiger partial charge in [-0.15, -0.1) is 0 Å². The molecule has 0 N–H and O–H groups in total. The predicted molar refractivity (Wildman–Crippen MR) is 156 cm³/mol. The molecule has 0 aromatic heterocycles. The molecule has 9 nitrogen and oxygen atoms in total. The number of likely N-dealkylation sites (N-methyl/N-ethyl adjacent to an activating group) is 1. The number of piperazine rings is 1. The van der Waals surface area contributed by atoms with Crippen LogP contribution in [-0.2, 0) is 29.3 Å². The summed E-state index contributed by atoms with van der Waals surface area (Å²) in [5.41, 5.74) is 4.31. The van der Waals surface area contributed by atoms with Crippen LogP contribution < -0.4 is 9.64 Å². The molecule has 3 aromatic rings. The zero-order valence-corrected chi connectivity index (χ0v) is 24.0. The summed E-state index contributed by atoms with van der Waals surface area (Å²) in [7, 11) is 1.46. The van der Waals surface area contributed by atoms with E-state index in [0.717, 1.165) is 35.7 Å². The van der Waals surface area contributed by atoms with Crippen LogP contribution in [0.2, 0.25) is 0 Å². The van der Waals surface area contributed by atoms with E-state index in [2.05, 4.69) is 17.0 Å². The molecule has 43 heavy (non-hydrogen) atoms. The van der Waals surface area contributed by atoms with Crippen LogP contribution in [0.1, 0.15) is 45.5 Å². The molecule has 0 saturated carbocycles. The number of halogens is 1. The number of ether oxygens (including phenoxy) is 1. The highest BCUT2D eigenvalue weighted by Crippen LogP contribution is 2.34. The molecule has 0 spiro atoms. The van der Waals surface area contributed by atoms with Crippen molar-refractivity contribution in [3.05, 3.63) is 94.3 Å². The minimum absolute atomic E-state index is 0.214. The Hall–Kier alpha value is -4.75. The Kier molecular flexibility index (Phi) is 7.82. The quantitative estimate of drug-likeness (QED) is 0.393. The van der Waals surface area contributed by atoms with Gasteiger partial charge < -0.3 is 14.5 Å². The maximum atomic E-state index is 14.4. The topological polar surface area (TPSA) is 97.2 Å². The van der Waals surface area contributed by atoms with Gasteiger partial charge in [-0.2, -0.15) is 5.26 Å². The lowest BCUT2D eigenvalue weighted by Gasteiger charge is -2.36. The molecule has 1 unspecified atom stereocenters. The monoisotopic (exact) mass is 581 g/mol. The number of carbonyl (C=O) groups is 3. The highest BCUT2D eigenvalue weighted by Gasteiger charge is 2.42. The van der Waals surface area contributed by atoms with E-state index in [1.165, 1.54) is 18.7 Å². The molecule has 220 valence electrons. The first kappa shape index (κ1) is 28.4. The molecule has 1 atom stereocenters. The second-order valence-electron chi connectivity index (χ2n) is 11.2. The van der Waals surface area contributed by atoms with E-state index in [9.17, 15) is 18.8 Å². The summed E-state index contributed by atoms with van der Waals surface area (Å²) in [5, 5.41) is 8.97. The van der Waals surface area contributed by atoms with Crippen molar-refractivity contribution < 1.29 is 23.5 Å². The predicted octanol–water partition coefficient (Wildman–Crippen LogP) is 3.70. The maximum Gasteiger partial charge on any atom is 0.255 e. The van der Waals surface area contributed by atoms with Crippen molar-refractivity contribution in [1.29, 1.82) is 5.26 Å². The van der Waals surface area contributed by atoms with E-state index in [1.807, 2.05) is 29.2 Å². The molecule has 3 amide bonds. The summed E-state index contributed by atoms with van der Waals surface area (Å²) in [6.07, 6.45) is 0.566. The Labute approximate surface area is 249 Å². The van der Waals surface area contributed by atoms with Gasteiger partial charge in [0.15, 0.2) is 0 Å². The van der Waals surface area contributed by atoms with Gasteiger partial charge in [0.05, 0.1) is 23.9 Å². The van der Waals surface area contributed by atoms with Gasteiger partial charge in [0.1, 0.15) is 24.2 Å². The van der Waals surface area contributed by atoms with E-state index in [1.54, 1.807) is 29.2 Å². The average Bonchev–Trinajstić information content (AvgIpc) is 3.36. The number of carbonyl (C=O) groups excluding carboxylic acids is 3. The summed E-state index contributed by atoms with van der Waals surface area (Å²) >= 11 is 0. The Morgan fingerprint density at radius 1 is 0.977 bits per heavy atom. The number of hydrogen-bond donors (Lipinski definition) is 0. The third-order valence-electron chi connectivity index (χ3n) is 8.56. The second kappa shape index (κ2) is 11.9. The first-order valence-electron chi connectivity index (χ1n) is 14.4. The van der Waals surface area contributed by atoms with E-state index in [4.69, 9.17) is 10.00 Å². The van der Waals surface area contributed by atoms with Crippen molar-refractivity contribution in [3.63, 3.8) is 0 Å². The van der Waals surface area contributed by atoms with Crippen LogP contribution in [-0.4, -0.2) is 71.7 Å². The lowest BCUT2D eigenvalue weighted by molar-refractivity contribution is -0.150. The average molecular weight is 582 g/mol. The van der Waals surface area contributed by atoms with Crippen molar-refractivity contribution >= 4 is 23.4 Å². The van der Waals surface area contributed by atoms with E-state index < -0.39 is 6.04 Å². The number of hydrogen-bond acceptors (Lipinski definition) is 7. The fourth-order valence-corrected chi connectivity index (χ4v) is 6.04. The highest BCUT2D eigenvalue weighted by molar-refractivity contribution is 6.05. The van der Waals surface area contributed by atoms with Crippen LogP contribution in [0.4, 0.5) is 10.1 Å². The summed E-state index contributed by atoms with van der Waals surface area (Å²) in [4.78, 5) is 44.8. The molecule has 0 bridgehead atoms. The number of rotatable bonds is 7. The zero-order valence-electron chi connectivity index (χ0n) is 24.0. The van der Waals surface area contributed by atoms with Gasteiger partial charge in [-0.05, 0) is 47.9 Å². The second-order valence-corrected chi connectivity index (χ2v) is 11.2. The number of benzene rings is 3. The molecule has 2 saturated heterocycles. The molecular formula is C33H32FN5O4. The summed E-state index contributed by atoms with van der Waals surface area (Å²) in [6, 6.07) is 19.5. The molecular weight excluding hydrogens is 549 g/mol. The molecule has 3 aromatic carbocycles. The number of anilines is 1. The van der Waals surface area contributed by atoms with Crippen molar-refractivity contribution in [1.82, 2.24) is 14.7 Å². The molecule has 3 aliphatic rings. The Morgan fingerprint density at radius 3 is 2.44 bits per heavy atom. The fraction of sp³-hybridized carbons (Fsp3) is 0.333. The summed E-state index contributed by atoms with van der Waals surface area (Å²) in [6.45, 7) is 4.41. The molecule has 2 fully saturated rings. The lowest BCUT2D eigenvalue weighted by atomic mass is 10.0. The van der Waals surface area contributed by atoms with Gasteiger partial charge in [0.2, 0.25) is 5.91 Å². The molecule has 3 heterocycles. The van der Waals surface area contributed by atoms with Gasteiger partial charge >= 0.3 is 0 Å². The van der Waals surface area contributed by atoms with E-state index in [-0.39, 0.29) is 36.5 Å². The SMILES string of the molecule is CN1C(=O)CCC(N2Cc3c(OCc4ccc(CN5CCN(c6ccc(C#N)cc6F)CC5)cc4)cccc3C2=O)C1=O. The van der Waals surface area contributed by atoms with Crippen LogP contribution in [0.3, 0.4) is 0 Å². The molecule has 0 radical (unpaired) electrons. The number of imide groups is 1. The maximum absolute atomic E-state index is 14.4. The summed E-state index contributed by atoms with van der Waals surface area (Å²) in [5.74, 6) is -0.531. The number of nitriles is 1. The van der Waals surface area contributed by atoms with Crippen LogP contribution in [0.15, 0.2) is 60.7 Å². The molecule has 3 aliphatic heterocycles. The number of fused-ring (bicyclic) bond motifs is 1. The number of piperidine rings is 1. The number of likely N-dealkylation sites (tertiary alicyclic amines) is 1. The number of amides is 3. The Balaban J connectivity index is 1.03. The smallest absolute Gasteiger partial charge is 0.255 e. The van der Waals surface area contributed by atoms with Gasteiger partial charge in [-0.1, -0.05) is 30.3 Å². The zero-order chi connectivity index (χ0) is 30.1. The van der Waals surface area contributed by atoms with Crippen LogP contribution in [0.5, 0.6) is 5.75 Å². The van der Waals surface area contributed by atoms with Crippen molar-refractivity contribution in [3.8, 4) is 11.8 Å². The molecule has 10 heteroatoms. The third kappa shape index (κ3) is 5.68. The van der Waals surface area contributed by atoms with Crippen LogP contribution in [0.25, 0.3) is 0 Å². The fourth-order valence-electron chi connectivity index (χ4n) is 6.04. The largest absolute Gasteiger partial charge is 0.489 e.